The number of rotatable bonds is 11. The second-order valence-corrected chi connectivity index (χ2v) is 8.85. The summed E-state index contributed by atoms with van der Waals surface area (Å²) >= 11 is 0. The third kappa shape index (κ3) is 6.76. The molecule has 0 aliphatic heterocycles. The molecule has 1 aromatic heterocycles. The van der Waals surface area contributed by atoms with E-state index >= 15 is 0 Å². The van der Waals surface area contributed by atoms with E-state index in [-0.39, 0.29) is 30.4 Å². The number of carboxylic acid groups (broad SMARTS) is 1. The van der Waals surface area contributed by atoms with Gasteiger partial charge in [-0.1, -0.05) is 6.07 Å². The second kappa shape index (κ2) is 11.6. The lowest BCUT2D eigenvalue weighted by Crippen LogP contribution is -2.20. The summed E-state index contributed by atoms with van der Waals surface area (Å²) in [6.07, 6.45) is -1.26. The maximum Gasteiger partial charge on any atom is 0.419 e. The molecule has 2 N–H and O–H groups in total. The van der Waals surface area contributed by atoms with Gasteiger partial charge in [0.05, 0.1) is 32.4 Å². The molecule has 0 unspecified atom stereocenters. The van der Waals surface area contributed by atoms with Crippen LogP contribution >= 0.6 is 0 Å². The van der Waals surface area contributed by atoms with E-state index < -0.39 is 17.7 Å². The van der Waals surface area contributed by atoms with Crippen LogP contribution in [-0.4, -0.2) is 41.3 Å². The van der Waals surface area contributed by atoms with Crippen LogP contribution in [0.25, 0.3) is 11.3 Å². The molecule has 7 nitrogen and oxygen atoms in total. The summed E-state index contributed by atoms with van der Waals surface area (Å²) in [5.41, 5.74) is 1.48. The van der Waals surface area contributed by atoms with Gasteiger partial charge >= 0.3 is 12.1 Å². The Balaban J connectivity index is 1.29. The molecule has 1 aliphatic rings. The Morgan fingerprint density at radius 2 is 1.92 bits per heavy atom. The van der Waals surface area contributed by atoms with Gasteiger partial charge in [0.15, 0.2) is 0 Å². The fourth-order valence-corrected chi connectivity index (χ4v) is 4.46. The molecule has 1 aliphatic carbocycles. The standard InChI is InChI=1S/C27H28F3N3O4/c1-36-20-7-5-17(6-8-20)26-23(27(28,29)30)15-32-24(33-26)16-31-11-2-12-37-21-9-10-22-18(13-21)3-4-19(22)14-25(34)35/h5-10,13,15,19,31H,2-4,11-12,14,16H2,1H3,(H,34,35)/t19-/m0/s1. The number of benzene rings is 2. The first-order chi connectivity index (χ1) is 17.7. The molecule has 0 fully saturated rings. The number of methoxy groups -OCH3 is 1. The predicted octanol–water partition coefficient (Wildman–Crippen LogP) is 5.23. The van der Waals surface area contributed by atoms with Gasteiger partial charge in [-0.3, -0.25) is 4.79 Å². The van der Waals surface area contributed by atoms with Crippen molar-refractivity contribution in [2.24, 2.45) is 0 Å². The first-order valence-electron chi connectivity index (χ1n) is 12.0. The molecule has 0 radical (unpaired) electrons. The third-order valence-electron chi connectivity index (χ3n) is 6.29. The quantitative estimate of drug-likeness (QED) is 0.338. The Morgan fingerprint density at radius 3 is 2.62 bits per heavy atom. The van der Waals surface area contributed by atoms with Gasteiger partial charge in [0.2, 0.25) is 0 Å². The van der Waals surface area contributed by atoms with E-state index in [0.29, 0.717) is 30.9 Å². The number of aromatic nitrogens is 2. The maximum atomic E-state index is 13.5. The molecule has 10 heteroatoms. The topological polar surface area (TPSA) is 93.6 Å². The van der Waals surface area contributed by atoms with Crippen LogP contribution < -0.4 is 14.8 Å². The zero-order valence-electron chi connectivity index (χ0n) is 20.3. The van der Waals surface area contributed by atoms with E-state index in [1.807, 2.05) is 18.2 Å². The van der Waals surface area contributed by atoms with Crippen LogP contribution in [-0.2, 0) is 23.9 Å². The Bertz CT molecular complexity index is 1230. The number of nitrogens with one attached hydrogen (secondary N) is 1. The van der Waals surface area contributed by atoms with Gasteiger partial charge in [-0.2, -0.15) is 13.2 Å². The lowest BCUT2D eigenvalue weighted by Gasteiger charge is -2.14. The SMILES string of the molecule is COc1ccc(-c2nc(CNCCCOc3ccc4c(c3)CC[C@H]4CC(=O)O)ncc2C(F)(F)F)cc1. The van der Waals surface area contributed by atoms with Crippen molar-refractivity contribution in [3.05, 3.63) is 71.2 Å². The van der Waals surface area contributed by atoms with E-state index in [9.17, 15) is 18.0 Å². The van der Waals surface area contributed by atoms with Crippen LogP contribution in [0.2, 0.25) is 0 Å². The number of carbonyl (C=O) groups is 1. The summed E-state index contributed by atoms with van der Waals surface area (Å²) in [4.78, 5) is 19.1. The highest BCUT2D eigenvalue weighted by Crippen LogP contribution is 2.38. The van der Waals surface area contributed by atoms with E-state index in [4.69, 9.17) is 14.6 Å². The molecular formula is C27H28F3N3O4. The molecule has 0 saturated carbocycles. The zero-order valence-corrected chi connectivity index (χ0v) is 20.3. The summed E-state index contributed by atoms with van der Waals surface area (Å²) in [7, 11) is 1.49. The number of aliphatic carboxylic acids is 1. The minimum Gasteiger partial charge on any atom is -0.497 e. The summed E-state index contributed by atoms with van der Waals surface area (Å²) in [6.45, 7) is 1.23. The Kier molecular flexibility index (Phi) is 8.27. The fraction of sp³-hybridized carbons (Fsp3) is 0.370. The number of carboxylic acids is 1. The second-order valence-electron chi connectivity index (χ2n) is 8.85. The van der Waals surface area contributed by atoms with E-state index in [1.165, 1.54) is 19.2 Å². The average Bonchev–Trinajstić information content (AvgIpc) is 3.26. The van der Waals surface area contributed by atoms with Crippen LogP contribution in [0.3, 0.4) is 0 Å². The molecule has 3 aromatic rings. The number of aryl methyl sites for hydroxylation is 1. The maximum absolute atomic E-state index is 13.5. The van der Waals surface area contributed by atoms with Gasteiger partial charge in [0.1, 0.15) is 22.9 Å². The van der Waals surface area contributed by atoms with Crippen molar-refractivity contribution in [1.82, 2.24) is 15.3 Å². The predicted molar refractivity (Wildman–Crippen MR) is 131 cm³/mol. The molecular weight excluding hydrogens is 487 g/mol. The molecule has 37 heavy (non-hydrogen) atoms. The van der Waals surface area contributed by atoms with Gasteiger partial charge < -0.3 is 19.9 Å². The Hall–Kier alpha value is -3.66. The highest BCUT2D eigenvalue weighted by atomic mass is 19.4. The molecule has 0 bridgehead atoms. The highest BCUT2D eigenvalue weighted by Gasteiger charge is 2.35. The number of hydrogen-bond donors (Lipinski definition) is 2. The largest absolute Gasteiger partial charge is 0.497 e. The summed E-state index contributed by atoms with van der Waals surface area (Å²) in [5, 5.41) is 12.2. The third-order valence-corrected chi connectivity index (χ3v) is 6.29. The normalized spacial score (nSPS) is 14.9. The van der Waals surface area contributed by atoms with Crippen LogP contribution in [0.15, 0.2) is 48.7 Å². The minimum absolute atomic E-state index is 0.0587. The van der Waals surface area contributed by atoms with Gasteiger partial charge in [-0.15, -0.1) is 0 Å². The first kappa shape index (κ1) is 26.4. The minimum atomic E-state index is -4.58. The van der Waals surface area contributed by atoms with Crippen molar-refractivity contribution < 1.29 is 32.5 Å². The molecule has 0 saturated heterocycles. The summed E-state index contributed by atoms with van der Waals surface area (Å²) in [6, 6.07) is 12.0. The van der Waals surface area contributed by atoms with Crippen LogP contribution in [0.1, 0.15) is 47.7 Å². The molecule has 1 heterocycles. The van der Waals surface area contributed by atoms with Gasteiger partial charge in [-0.05, 0) is 79.3 Å². The Labute approximate surface area is 212 Å². The molecule has 1 atom stereocenters. The van der Waals surface area contributed by atoms with Crippen LogP contribution in [0.5, 0.6) is 11.5 Å². The van der Waals surface area contributed by atoms with Crippen molar-refractivity contribution in [2.45, 2.75) is 44.3 Å². The van der Waals surface area contributed by atoms with Gasteiger partial charge in [-0.25, -0.2) is 9.97 Å². The van der Waals surface area contributed by atoms with Crippen molar-refractivity contribution in [2.75, 3.05) is 20.3 Å². The summed E-state index contributed by atoms with van der Waals surface area (Å²) < 4.78 is 51.5. The fourth-order valence-electron chi connectivity index (χ4n) is 4.46. The smallest absolute Gasteiger partial charge is 0.419 e. The van der Waals surface area contributed by atoms with Crippen molar-refractivity contribution >= 4 is 5.97 Å². The van der Waals surface area contributed by atoms with Crippen molar-refractivity contribution in [3.63, 3.8) is 0 Å². The monoisotopic (exact) mass is 515 g/mol. The molecule has 4 rings (SSSR count). The van der Waals surface area contributed by atoms with Crippen LogP contribution in [0.4, 0.5) is 13.2 Å². The number of ether oxygens (including phenoxy) is 2. The van der Waals surface area contributed by atoms with Gasteiger partial charge in [0.25, 0.3) is 0 Å². The van der Waals surface area contributed by atoms with E-state index in [0.717, 1.165) is 35.9 Å². The number of hydrogen-bond acceptors (Lipinski definition) is 6. The lowest BCUT2D eigenvalue weighted by molar-refractivity contribution is -0.138. The van der Waals surface area contributed by atoms with E-state index in [2.05, 4.69) is 15.3 Å². The Morgan fingerprint density at radius 1 is 1.16 bits per heavy atom. The first-order valence-corrected chi connectivity index (χ1v) is 12.0. The van der Waals surface area contributed by atoms with Crippen molar-refractivity contribution in [3.8, 4) is 22.8 Å². The summed E-state index contributed by atoms with van der Waals surface area (Å²) in [5.74, 6) is 0.810. The number of alkyl halides is 3. The van der Waals surface area contributed by atoms with Crippen LogP contribution in [0, 0.1) is 0 Å². The number of fused-ring (bicyclic) bond motifs is 1. The lowest BCUT2D eigenvalue weighted by atomic mass is 9.98. The zero-order chi connectivity index (χ0) is 26.4. The average molecular weight is 516 g/mol. The molecule has 0 amide bonds. The highest BCUT2D eigenvalue weighted by molar-refractivity contribution is 5.68. The molecule has 0 spiro atoms. The molecule has 196 valence electrons. The van der Waals surface area contributed by atoms with Gasteiger partial charge in [0, 0.05) is 11.8 Å². The number of halogens is 3. The molecule has 2 aromatic carbocycles. The van der Waals surface area contributed by atoms with Crippen molar-refractivity contribution in [1.29, 1.82) is 0 Å². The van der Waals surface area contributed by atoms with E-state index in [1.54, 1.807) is 12.1 Å². The number of nitrogens with zero attached hydrogens (tertiary/aromatic N) is 2.